The second-order valence-electron chi connectivity index (χ2n) is 6.77. The predicted octanol–water partition coefficient (Wildman–Crippen LogP) is 3.74. The number of carbonyl (C=O) groups excluding carboxylic acids is 1. The quantitative estimate of drug-likeness (QED) is 0.828. The number of hydrogen-bond donors (Lipinski definition) is 2. The molecule has 1 aliphatic rings. The van der Waals surface area contributed by atoms with Gasteiger partial charge in [0.05, 0.1) is 5.02 Å². The Balaban J connectivity index is 1.81. The number of aromatic nitrogens is 2. The molecule has 1 aliphatic heterocycles. The van der Waals surface area contributed by atoms with Gasteiger partial charge in [0.2, 0.25) is 0 Å². The van der Waals surface area contributed by atoms with E-state index in [4.69, 9.17) is 11.6 Å². The molecular weight excluding hydrogens is 302 g/mol. The number of aromatic amines is 1. The van der Waals surface area contributed by atoms with E-state index in [0.717, 1.165) is 23.5 Å². The van der Waals surface area contributed by atoms with Crippen LogP contribution in [0.3, 0.4) is 0 Å². The largest absolute Gasteiger partial charge is 0.348 e. The highest BCUT2D eigenvalue weighted by atomic mass is 35.5. The summed E-state index contributed by atoms with van der Waals surface area (Å²) < 4.78 is 0. The van der Waals surface area contributed by atoms with Crippen LogP contribution in [0, 0.1) is 6.92 Å². The van der Waals surface area contributed by atoms with Crippen LogP contribution >= 0.6 is 11.6 Å². The first-order valence-electron chi connectivity index (χ1n) is 7.31. The summed E-state index contributed by atoms with van der Waals surface area (Å²) in [6, 6.07) is 6.37. The average molecular weight is 322 g/mol. The fraction of sp³-hybridized carbons (Fsp3) is 0.467. The summed E-state index contributed by atoms with van der Waals surface area (Å²) in [4.78, 5) is 19.8. The minimum atomic E-state index is -1.08. The lowest BCUT2D eigenvalue weighted by molar-refractivity contribution is 0.0936. The van der Waals surface area contributed by atoms with E-state index in [0.29, 0.717) is 22.4 Å². The van der Waals surface area contributed by atoms with Crippen molar-refractivity contribution in [3.63, 3.8) is 0 Å². The third-order valence-electron chi connectivity index (χ3n) is 4.23. The van der Waals surface area contributed by atoms with E-state index in [2.05, 4.69) is 28.4 Å². The Labute approximate surface area is 130 Å². The average Bonchev–Trinajstić information content (AvgIpc) is 2.93. The van der Waals surface area contributed by atoms with Crippen molar-refractivity contribution >= 4 is 36.6 Å². The zero-order valence-corrected chi connectivity index (χ0v) is 14.3. The molecule has 21 heavy (non-hydrogen) atoms. The van der Waals surface area contributed by atoms with Gasteiger partial charge in [0.25, 0.3) is 5.91 Å². The molecule has 0 bridgehead atoms. The van der Waals surface area contributed by atoms with Crippen molar-refractivity contribution in [1.29, 1.82) is 0 Å². The van der Waals surface area contributed by atoms with E-state index in [1.807, 2.05) is 13.0 Å². The molecule has 0 aromatic carbocycles. The third kappa shape index (κ3) is 2.99. The number of nitrogens with one attached hydrogen (secondary N) is 2. The van der Waals surface area contributed by atoms with Crippen molar-refractivity contribution in [3.8, 4) is 0 Å². The molecule has 0 spiro atoms. The van der Waals surface area contributed by atoms with E-state index >= 15 is 0 Å². The van der Waals surface area contributed by atoms with Gasteiger partial charge in [0, 0.05) is 25.2 Å². The minimum Gasteiger partial charge on any atom is -0.348 e. The maximum atomic E-state index is 12.4. The number of aryl methyl sites for hydroxylation is 1. The molecule has 3 rings (SSSR count). The van der Waals surface area contributed by atoms with E-state index in [-0.39, 0.29) is 5.91 Å². The number of fused-ring (bicyclic) bond motifs is 1. The first kappa shape index (κ1) is 14.6. The zero-order chi connectivity index (χ0) is 15.2. The lowest BCUT2D eigenvalue weighted by atomic mass is 10.2. The van der Waals surface area contributed by atoms with Crippen molar-refractivity contribution in [3.05, 3.63) is 28.5 Å². The smallest absolute Gasteiger partial charge is 0.267 e. The van der Waals surface area contributed by atoms with Crippen molar-refractivity contribution in [2.24, 2.45) is 0 Å². The number of nitrogens with zero attached hydrogens (tertiary/aromatic N) is 1. The Bertz CT molecular complexity index is 710. The molecule has 112 valence electrons. The van der Waals surface area contributed by atoms with Crippen LogP contribution in [0.15, 0.2) is 12.1 Å². The summed E-state index contributed by atoms with van der Waals surface area (Å²) in [5.74, 6) is -0.0570. The van der Waals surface area contributed by atoms with E-state index < -0.39 is 8.07 Å². The second kappa shape index (κ2) is 5.14. The van der Waals surface area contributed by atoms with E-state index in [1.165, 1.54) is 6.04 Å². The molecule has 2 aromatic heterocycles. The van der Waals surface area contributed by atoms with Crippen molar-refractivity contribution in [2.75, 3.05) is 0 Å². The van der Waals surface area contributed by atoms with Gasteiger partial charge in [-0.2, -0.15) is 0 Å². The summed E-state index contributed by atoms with van der Waals surface area (Å²) in [5.41, 5.74) is 2.05. The normalized spacial score (nSPS) is 20.9. The first-order chi connectivity index (χ1) is 9.84. The van der Waals surface area contributed by atoms with Gasteiger partial charge in [0.15, 0.2) is 0 Å². The van der Waals surface area contributed by atoms with Crippen LogP contribution in [0.2, 0.25) is 30.2 Å². The van der Waals surface area contributed by atoms with Crippen LogP contribution in [0.25, 0.3) is 11.0 Å². The Morgan fingerprint density at radius 2 is 2.24 bits per heavy atom. The number of amides is 1. The highest BCUT2D eigenvalue weighted by Gasteiger charge is 2.33. The molecule has 2 N–H and O–H groups in total. The van der Waals surface area contributed by atoms with Crippen LogP contribution in [0.5, 0.6) is 0 Å². The molecule has 1 saturated heterocycles. The fourth-order valence-electron chi connectivity index (χ4n) is 3.13. The van der Waals surface area contributed by atoms with Gasteiger partial charge in [0.1, 0.15) is 11.3 Å². The highest BCUT2D eigenvalue weighted by molar-refractivity contribution is 6.78. The molecule has 1 atom stereocenters. The number of pyridine rings is 1. The number of carbonyl (C=O) groups is 1. The van der Waals surface area contributed by atoms with Gasteiger partial charge in [-0.25, -0.2) is 4.98 Å². The Hall–Kier alpha value is -1.33. The van der Waals surface area contributed by atoms with Gasteiger partial charge in [-0.3, -0.25) is 4.79 Å². The van der Waals surface area contributed by atoms with Crippen LogP contribution in [-0.2, 0) is 0 Å². The van der Waals surface area contributed by atoms with Gasteiger partial charge >= 0.3 is 0 Å². The summed E-state index contributed by atoms with van der Waals surface area (Å²) in [5, 5.41) is 4.57. The molecule has 1 fully saturated rings. The molecule has 3 heterocycles. The summed E-state index contributed by atoms with van der Waals surface area (Å²) >= 11 is 6.20. The molecule has 1 unspecified atom stereocenters. The van der Waals surface area contributed by atoms with Crippen LogP contribution < -0.4 is 5.32 Å². The lowest BCUT2D eigenvalue weighted by Gasteiger charge is -2.15. The number of rotatable bonds is 2. The van der Waals surface area contributed by atoms with Gasteiger partial charge in [-0.1, -0.05) is 30.7 Å². The van der Waals surface area contributed by atoms with E-state index in [1.54, 1.807) is 6.07 Å². The molecule has 0 saturated carbocycles. The molecule has 1 amide bonds. The Morgan fingerprint density at radius 3 is 2.90 bits per heavy atom. The Kier molecular flexibility index (Phi) is 3.57. The minimum absolute atomic E-state index is 0.0570. The predicted molar refractivity (Wildman–Crippen MR) is 88.8 cm³/mol. The van der Waals surface area contributed by atoms with Gasteiger partial charge in [-0.05, 0) is 31.5 Å². The SMILES string of the molecule is Cc1cc(Cl)c2cc(C(=O)NC3CC[Si](C)(C)C3)[nH]c2n1. The van der Waals surface area contributed by atoms with Crippen LogP contribution in [-0.4, -0.2) is 30.0 Å². The summed E-state index contributed by atoms with van der Waals surface area (Å²) in [6.45, 7) is 6.65. The highest BCUT2D eigenvalue weighted by Crippen LogP contribution is 2.30. The number of H-pyrrole nitrogens is 1. The summed E-state index contributed by atoms with van der Waals surface area (Å²) in [6.07, 6.45) is 1.10. The molecule has 0 radical (unpaired) electrons. The van der Waals surface area contributed by atoms with Gasteiger partial charge < -0.3 is 10.3 Å². The molecule has 4 nitrogen and oxygen atoms in total. The first-order valence-corrected chi connectivity index (χ1v) is 11.1. The van der Waals surface area contributed by atoms with Crippen molar-refractivity contribution in [2.45, 2.75) is 44.6 Å². The maximum Gasteiger partial charge on any atom is 0.267 e. The molecule has 0 aliphatic carbocycles. The third-order valence-corrected chi connectivity index (χ3v) is 7.78. The number of hydrogen-bond acceptors (Lipinski definition) is 2. The topological polar surface area (TPSA) is 57.8 Å². The molecule has 6 heteroatoms. The van der Waals surface area contributed by atoms with E-state index in [9.17, 15) is 4.79 Å². The zero-order valence-electron chi connectivity index (χ0n) is 12.6. The van der Waals surface area contributed by atoms with Crippen LogP contribution in [0.4, 0.5) is 0 Å². The maximum absolute atomic E-state index is 12.4. The molecular formula is C15H20ClN3OSi. The summed E-state index contributed by atoms with van der Waals surface area (Å²) in [7, 11) is -1.08. The van der Waals surface area contributed by atoms with Crippen molar-refractivity contribution < 1.29 is 4.79 Å². The lowest BCUT2D eigenvalue weighted by Crippen LogP contribution is -2.34. The fourth-order valence-corrected chi connectivity index (χ4v) is 6.40. The van der Waals surface area contributed by atoms with Gasteiger partial charge in [-0.15, -0.1) is 0 Å². The van der Waals surface area contributed by atoms with Crippen molar-refractivity contribution in [1.82, 2.24) is 15.3 Å². The Morgan fingerprint density at radius 1 is 1.48 bits per heavy atom. The van der Waals surface area contributed by atoms with Crippen LogP contribution in [0.1, 0.15) is 22.6 Å². The standard InChI is InChI=1S/C15H20ClN3OSi/c1-9-6-12(16)11-7-13(19-14(11)17-9)15(20)18-10-4-5-21(2,3)8-10/h6-7,10H,4-5,8H2,1-3H3,(H,17,19)(H,18,20). The number of halogens is 1. The second-order valence-corrected chi connectivity index (χ2v) is 12.4. The monoisotopic (exact) mass is 321 g/mol. The molecule has 2 aromatic rings.